The molecule has 0 aromatic heterocycles. The molecule has 0 unspecified atom stereocenters. The molecule has 0 bridgehead atoms. The molecular weight excluding hydrogens is 796 g/mol. The molecule has 0 heterocycles. The third-order valence-electron chi connectivity index (χ3n) is 5.67. The average Bonchev–Trinajstić information content (AvgIpc) is 2.93. The molecule has 224 valence electrons. The van der Waals surface area contributed by atoms with Gasteiger partial charge in [-0.15, -0.1) is 0 Å². The van der Waals surface area contributed by atoms with Gasteiger partial charge in [-0.05, 0) is 99.1 Å². The number of hydrogen-bond acceptors (Lipinski definition) is 8. The van der Waals surface area contributed by atoms with E-state index < -0.39 is 11.9 Å². The number of rotatable bonds is 18. The fourth-order valence-corrected chi connectivity index (χ4v) is 6.24. The van der Waals surface area contributed by atoms with Crippen molar-refractivity contribution in [3.8, 4) is 11.5 Å². The molecule has 0 aliphatic rings. The topological polar surface area (TPSA) is 89.5 Å². The average molecular weight is 828 g/mol. The van der Waals surface area contributed by atoms with Gasteiger partial charge in [0.05, 0.1) is 44.3 Å². The predicted octanol–water partition coefficient (Wildman–Crippen LogP) is 7.31. The number of halogens is 4. The lowest BCUT2D eigenvalue weighted by molar-refractivity contribution is -0.140. The Labute approximate surface area is 274 Å². The lowest BCUT2D eigenvalue weighted by Crippen LogP contribution is -2.20. The second-order valence-electron chi connectivity index (χ2n) is 8.83. The summed E-state index contributed by atoms with van der Waals surface area (Å²) in [6, 6.07) is 8.13. The zero-order valence-electron chi connectivity index (χ0n) is 22.8. The summed E-state index contributed by atoms with van der Waals surface area (Å²) in [6.45, 7) is 13.2. The summed E-state index contributed by atoms with van der Waals surface area (Å²) < 4.78 is 35.7. The summed E-state index contributed by atoms with van der Waals surface area (Å²) in [4.78, 5) is 22.1. The molecule has 0 atom stereocenters. The molecule has 0 radical (unpaired) electrons. The van der Waals surface area contributed by atoms with Crippen LogP contribution in [0.4, 0.5) is 0 Å². The molecular formula is C29H32Br4O8. The second kappa shape index (κ2) is 18.1. The molecule has 0 aliphatic carbocycles. The molecule has 0 spiro atoms. The highest BCUT2D eigenvalue weighted by molar-refractivity contribution is 9.11. The van der Waals surface area contributed by atoms with Crippen molar-refractivity contribution in [2.75, 3.05) is 52.9 Å². The van der Waals surface area contributed by atoms with Crippen molar-refractivity contribution in [3.05, 3.63) is 78.6 Å². The van der Waals surface area contributed by atoms with Crippen LogP contribution in [0.25, 0.3) is 0 Å². The van der Waals surface area contributed by atoms with Crippen LogP contribution in [0, 0.1) is 0 Å². The fourth-order valence-electron chi connectivity index (χ4n) is 3.41. The smallest absolute Gasteiger partial charge is 0.330 e. The van der Waals surface area contributed by atoms with Gasteiger partial charge in [0.25, 0.3) is 0 Å². The quantitative estimate of drug-likeness (QED) is 0.0879. The Bertz CT molecular complexity index is 1080. The van der Waals surface area contributed by atoms with E-state index in [1.807, 2.05) is 24.3 Å². The standard InChI is InChI=1S/C29H32Br4O8/c1-5-25(34)38-11-7-36-9-13-40-27-21(30)15-19(16-22(27)31)29(3,4)20-17-23(32)28(24(33)18-20)41-14-10-37-8-12-39-26(35)6-2/h5-6,15-18H,1-2,7-14H2,3-4H3. The molecule has 2 rings (SSSR count). The van der Waals surface area contributed by atoms with Crippen molar-refractivity contribution in [1.29, 1.82) is 0 Å². The van der Waals surface area contributed by atoms with Gasteiger partial charge in [0.1, 0.15) is 37.9 Å². The highest BCUT2D eigenvalue weighted by Gasteiger charge is 2.27. The molecule has 2 aromatic rings. The predicted molar refractivity (Wildman–Crippen MR) is 171 cm³/mol. The summed E-state index contributed by atoms with van der Waals surface area (Å²) in [5.41, 5.74) is 1.74. The Hall–Kier alpha value is -1.70. The van der Waals surface area contributed by atoms with E-state index in [0.29, 0.717) is 37.9 Å². The number of carbonyl (C=O) groups is 2. The number of ether oxygens (including phenoxy) is 6. The summed E-state index contributed by atoms with van der Waals surface area (Å²) in [7, 11) is 0. The minimum Gasteiger partial charge on any atom is -0.489 e. The summed E-state index contributed by atoms with van der Waals surface area (Å²) in [5, 5.41) is 0. The summed E-state index contributed by atoms with van der Waals surface area (Å²) in [5.74, 6) is 0.374. The van der Waals surface area contributed by atoms with Crippen LogP contribution in [-0.2, 0) is 34.0 Å². The van der Waals surface area contributed by atoms with Crippen molar-refractivity contribution in [1.82, 2.24) is 0 Å². The van der Waals surface area contributed by atoms with E-state index in [-0.39, 0.29) is 31.8 Å². The maximum atomic E-state index is 11.0. The van der Waals surface area contributed by atoms with Gasteiger partial charge in [0, 0.05) is 17.6 Å². The zero-order valence-corrected chi connectivity index (χ0v) is 29.2. The molecule has 0 saturated carbocycles. The lowest BCUT2D eigenvalue weighted by Gasteiger charge is -2.28. The molecule has 0 amide bonds. The highest BCUT2D eigenvalue weighted by atomic mass is 79.9. The Kier molecular flexibility index (Phi) is 15.6. The first-order valence-corrected chi connectivity index (χ1v) is 15.7. The van der Waals surface area contributed by atoms with Crippen LogP contribution in [0.1, 0.15) is 25.0 Å². The minimum absolute atomic E-state index is 0.159. The molecule has 0 fully saturated rings. The monoisotopic (exact) mass is 824 g/mol. The molecule has 41 heavy (non-hydrogen) atoms. The van der Waals surface area contributed by atoms with Crippen molar-refractivity contribution < 1.29 is 38.0 Å². The number of esters is 2. The Morgan fingerprint density at radius 3 is 1.27 bits per heavy atom. The van der Waals surface area contributed by atoms with Gasteiger partial charge in [-0.3, -0.25) is 0 Å². The third-order valence-corrected chi connectivity index (χ3v) is 8.02. The van der Waals surface area contributed by atoms with E-state index in [1.165, 1.54) is 0 Å². The van der Waals surface area contributed by atoms with Crippen LogP contribution in [0.5, 0.6) is 11.5 Å². The maximum Gasteiger partial charge on any atom is 0.330 e. The lowest BCUT2D eigenvalue weighted by atomic mass is 9.78. The molecule has 0 saturated heterocycles. The van der Waals surface area contributed by atoms with Crippen molar-refractivity contribution >= 4 is 75.7 Å². The summed E-state index contributed by atoms with van der Waals surface area (Å²) >= 11 is 14.6. The van der Waals surface area contributed by atoms with Gasteiger partial charge in [0.2, 0.25) is 0 Å². The normalized spacial score (nSPS) is 11.1. The van der Waals surface area contributed by atoms with E-state index in [2.05, 4.69) is 90.7 Å². The maximum absolute atomic E-state index is 11.0. The number of benzene rings is 2. The fraction of sp³-hybridized carbons (Fsp3) is 0.379. The van der Waals surface area contributed by atoms with E-state index in [0.717, 1.165) is 41.2 Å². The Morgan fingerprint density at radius 1 is 0.634 bits per heavy atom. The highest BCUT2D eigenvalue weighted by Crippen LogP contribution is 2.44. The van der Waals surface area contributed by atoms with E-state index in [4.69, 9.17) is 28.4 Å². The number of carbonyl (C=O) groups excluding carboxylic acids is 2. The minimum atomic E-state index is -0.478. The second-order valence-corrected chi connectivity index (χ2v) is 12.2. The van der Waals surface area contributed by atoms with E-state index in [1.54, 1.807) is 0 Å². The SMILES string of the molecule is C=CC(=O)OCCOCCOc1c(Br)cc(C(C)(C)c2cc(Br)c(OCCOCCOC(=O)C=C)c(Br)c2)cc1Br. The first-order chi connectivity index (χ1) is 19.5. The summed E-state index contributed by atoms with van der Waals surface area (Å²) in [6.07, 6.45) is 2.22. The van der Waals surface area contributed by atoms with E-state index >= 15 is 0 Å². The van der Waals surface area contributed by atoms with Crippen LogP contribution < -0.4 is 9.47 Å². The van der Waals surface area contributed by atoms with Gasteiger partial charge in [-0.1, -0.05) is 27.0 Å². The van der Waals surface area contributed by atoms with Gasteiger partial charge in [0.15, 0.2) is 0 Å². The van der Waals surface area contributed by atoms with E-state index in [9.17, 15) is 9.59 Å². The Morgan fingerprint density at radius 2 is 0.951 bits per heavy atom. The third kappa shape index (κ3) is 11.5. The first kappa shape index (κ1) is 35.5. The van der Waals surface area contributed by atoms with Gasteiger partial charge in [-0.25, -0.2) is 9.59 Å². The van der Waals surface area contributed by atoms with Gasteiger partial charge >= 0.3 is 11.9 Å². The van der Waals surface area contributed by atoms with Crippen LogP contribution in [0.3, 0.4) is 0 Å². The van der Waals surface area contributed by atoms with Crippen molar-refractivity contribution in [2.45, 2.75) is 19.3 Å². The molecule has 12 heteroatoms. The molecule has 0 N–H and O–H groups in total. The largest absolute Gasteiger partial charge is 0.489 e. The molecule has 0 aliphatic heterocycles. The van der Waals surface area contributed by atoms with Crippen LogP contribution in [0.2, 0.25) is 0 Å². The van der Waals surface area contributed by atoms with Crippen LogP contribution in [-0.4, -0.2) is 64.8 Å². The molecule has 8 nitrogen and oxygen atoms in total. The van der Waals surface area contributed by atoms with Gasteiger partial charge < -0.3 is 28.4 Å². The zero-order chi connectivity index (χ0) is 30.4. The Balaban J connectivity index is 1.96. The van der Waals surface area contributed by atoms with Crippen LogP contribution in [0.15, 0.2) is 67.5 Å². The van der Waals surface area contributed by atoms with Crippen molar-refractivity contribution in [2.24, 2.45) is 0 Å². The molecule has 2 aromatic carbocycles. The first-order valence-electron chi connectivity index (χ1n) is 12.5. The van der Waals surface area contributed by atoms with Gasteiger partial charge in [-0.2, -0.15) is 0 Å². The number of hydrogen-bond donors (Lipinski definition) is 0. The van der Waals surface area contributed by atoms with Crippen molar-refractivity contribution in [3.63, 3.8) is 0 Å². The van der Waals surface area contributed by atoms with Crippen LogP contribution >= 0.6 is 63.7 Å².